The van der Waals surface area contributed by atoms with Crippen LogP contribution in [0.1, 0.15) is 80.3 Å². The molecule has 2 heterocycles. The molecule has 0 bridgehead atoms. The summed E-state index contributed by atoms with van der Waals surface area (Å²) in [6.07, 6.45) is 5.83. The first-order chi connectivity index (χ1) is 20.7. The lowest BCUT2D eigenvalue weighted by Gasteiger charge is -2.30. The van der Waals surface area contributed by atoms with Gasteiger partial charge >= 0.3 is 16.3 Å². The second-order valence-electron chi connectivity index (χ2n) is 13.1. The molecule has 2 aromatic carbocycles. The second-order valence-corrected chi connectivity index (χ2v) is 15.0. The summed E-state index contributed by atoms with van der Waals surface area (Å²) in [5.74, 6) is 0.384. The highest BCUT2D eigenvalue weighted by Crippen LogP contribution is 2.47. The van der Waals surface area contributed by atoms with Crippen molar-refractivity contribution in [3.05, 3.63) is 53.1 Å². The van der Waals surface area contributed by atoms with Gasteiger partial charge in [-0.15, -0.1) is 0 Å². The maximum absolute atomic E-state index is 13.3. The Morgan fingerprint density at radius 3 is 2.34 bits per heavy atom. The van der Waals surface area contributed by atoms with Crippen LogP contribution in [0, 0.1) is 0 Å². The lowest BCUT2D eigenvalue weighted by molar-refractivity contribution is 0.0209. The van der Waals surface area contributed by atoms with E-state index in [2.05, 4.69) is 15.4 Å². The van der Waals surface area contributed by atoms with Gasteiger partial charge in [-0.05, 0) is 87.4 Å². The number of fused-ring (bicyclic) bond motifs is 5. The molecule has 1 aromatic heterocycles. The summed E-state index contributed by atoms with van der Waals surface area (Å²) in [7, 11) is 2.19. The van der Waals surface area contributed by atoms with Crippen molar-refractivity contribution in [3.8, 4) is 17.0 Å². The summed E-state index contributed by atoms with van der Waals surface area (Å²) in [5, 5.41) is 1.04. The number of carbonyl (C=O) groups excluding carboxylic acids is 2. The van der Waals surface area contributed by atoms with E-state index >= 15 is 0 Å². The lowest BCUT2D eigenvalue weighted by atomic mass is 9.81. The molecular weight excluding hydrogens is 580 g/mol. The summed E-state index contributed by atoms with van der Waals surface area (Å²) >= 11 is 0. The quantitative estimate of drug-likeness (QED) is 0.377. The highest BCUT2D eigenvalue weighted by atomic mass is 32.2. The van der Waals surface area contributed by atoms with Gasteiger partial charge in [-0.3, -0.25) is 4.79 Å². The molecule has 238 valence electrons. The van der Waals surface area contributed by atoms with Crippen LogP contribution in [0.4, 0.5) is 4.79 Å². The fourth-order valence-electron chi connectivity index (χ4n) is 6.44. The van der Waals surface area contributed by atoms with Gasteiger partial charge in [-0.25, -0.2) is 9.52 Å². The largest absolute Gasteiger partial charge is 0.497 e. The van der Waals surface area contributed by atoms with Gasteiger partial charge in [-0.2, -0.15) is 12.7 Å². The SMILES string of the molecule is COc1ccc2c(c1)CC(N(C)C(=O)OC(C)(C)C)Cn1c-2c(C2CCCCC2)c2ccc(C(=O)NS(=O)(=O)N(C)C)cc21. The molecule has 1 aliphatic carbocycles. The van der Waals surface area contributed by atoms with E-state index in [1.165, 1.54) is 26.1 Å². The summed E-state index contributed by atoms with van der Waals surface area (Å²) in [6.45, 7) is 6.02. The van der Waals surface area contributed by atoms with Gasteiger partial charge < -0.3 is 18.9 Å². The van der Waals surface area contributed by atoms with Crippen LogP contribution in [-0.4, -0.2) is 74.1 Å². The number of amides is 2. The van der Waals surface area contributed by atoms with Crippen LogP contribution < -0.4 is 9.46 Å². The fourth-order valence-corrected chi connectivity index (χ4v) is 6.97. The molecule has 2 amide bonds. The Balaban J connectivity index is 1.72. The van der Waals surface area contributed by atoms with Gasteiger partial charge in [0.25, 0.3) is 5.91 Å². The summed E-state index contributed by atoms with van der Waals surface area (Å²) in [4.78, 5) is 28.2. The summed E-state index contributed by atoms with van der Waals surface area (Å²) in [5.41, 5.74) is 4.91. The van der Waals surface area contributed by atoms with Crippen LogP contribution in [0.25, 0.3) is 22.2 Å². The maximum atomic E-state index is 13.3. The molecule has 2 aliphatic rings. The van der Waals surface area contributed by atoms with Gasteiger partial charge in [-0.1, -0.05) is 25.3 Å². The molecule has 44 heavy (non-hydrogen) atoms. The van der Waals surface area contributed by atoms with Gasteiger partial charge in [0.15, 0.2) is 0 Å². The Morgan fingerprint density at radius 1 is 1.00 bits per heavy atom. The Morgan fingerprint density at radius 2 is 1.70 bits per heavy atom. The third kappa shape index (κ3) is 6.30. The van der Waals surface area contributed by atoms with Crippen molar-refractivity contribution >= 4 is 33.1 Å². The zero-order valence-corrected chi connectivity index (χ0v) is 27.6. The molecule has 1 N–H and O–H groups in total. The number of aromatic nitrogens is 1. The molecule has 3 aromatic rings. The molecular formula is C33H44N4O6S. The second kappa shape index (κ2) is 12.1. The van der Waals surface area contributed by atoms with E-state index in [9.17, 15) is 18.0 Å². The minimum Gasteiger partial charge on any atom is -0.497 e. The molecule has 11 heteroatoms. The molecule has 5 rings (SSSR count). The molecule has 0 spiro atoms. The lowest BCUT2D eigenvalue weighted by Crippen LogP contribution is -2.43. The maximum Gasteiger partial charge on any atom is 0.410 e. The zero-order chi connectivity index (χ0) is 32.0. The number of hydrogen-bond acceptors (Lipinski definition) is 6. The first-order valence-electron chi connectivity index (χ1n) is 15.2. The number of methoxy groups -OCH3 is 1. The number of carbonyl (C=O) groups is 2. The average Bonchev–Trinajstić information content (AvgIpc) is 3.18. The van der Waals surface area contributed by atoms with E-state index in [1.54, 1.807) is 31.2 Å². The topological polar surface area (TPSA) is 110 Å². The highest BCUT2D eigenvalue weighted by Gasteiger charge is 2.34. The van der Waals surface area contributed by atoms with Crippen LogP contribution in [-0.2, 0) is 27.9 Å². The standard InChI is InChI=1S/C33H44N4O6S/c1-33(2,3)43-32(39)36(6)24-17-23-18-25(42-7)14-16-26(23)30-29(21-11-9-8-10-12-21)27-15-13-22(19-28(27)37(30)20-24)31(38)34-44(40,41)35(4)5/h13-16,18-19,21,24H,8-12,17,20H2,1-7H3,(H,34,38). The molecule has 1 unspecified atom stereocenters. The predicted molar refractivity (Wildman–Crippen MR) is 171 cm³/mol. The average molecular weight is 625 g/mol. The van der Waals surface area contributed by atoms with Crippen LogP contribution in [0.3, 0.4) is 0 Å². The van der Waals surface area contributed by atoms with E-state index in [-0.39, 0.29) is 11.6 Å². The van der Waals surface area contributed by atoms with Crippen LogP contribution in [0.15, 0.2) is 36.4 Å². The minimum absolute atomic E-state index is 0.245. The number of hydrogen-bond donors (Lipinski definition) is 1. The molecule has 1 atom stereocenters. The molecule has 10 nitrogen and oxygen atoms in total. The van der Waals surface area contributed by atoms with Gasteiger partial charge in [0.1, 0.15) is 11.4 Å². The van der Waals surface area contributed by atoms with Crippen molar-refractivity contribution in [2.24, 2.45) is 0 Å². The number of benzene rings is 2. The zero-order valence-electron chi connectivity index (χ0n) is 26.8. The van der Waals surface area contributed by atoms with Crippen molar-refractivity contribution in [1.82, 2.24) is 18.5 Å². The predicted octanol–water partition coefficient (Wildman–Crippen LogP) is 5.69. The normalized spacial score (nSPS) is 17.5. The molecule has 1 aliphatic heterocycles. The molecule has 1 fully saturated rings. The first kappa shape index (κ1) is 31.8. The molecule has 0 radical (unpaired) electrons. The van der Waals surface area contributed by atoms with Crippen molar-refractivity contribution < 1.29 is 27.5 Å². The fraction of sp³-hybridized carbons (Fsp3) is 0.515. The molecule has 1 saturated carbocycles. The van der Waals surface area contributed by atoms with Crippen molar-refractivity contribution in [2.75, 3.05) is 28.3 Å². The van der Waals surface area contributed by atoms with Gasteiger partial charge in [0.05, 0.1) is 18.8 Å². The monoisotopic (exact) mass is 624 g/mol. The van der Waals surface area contributed by atoms with E-state index < -0.39 is 27.8 Å². The third-order valence-electron chi connectivity index (χ3n) is 8.73. The number of nitrogens with one attached hydrogen (secondary N) is 1. The van der Waals surface area contributed by atoms with Crippen LogP contribution in [0.2, 0.25) is 0 Å². The van der Waals surface area contributed by atoms with Crippen molar-refractivity contribution in [1.29, 1.82) is 0 Å². The van der Waals surface area contributed by atoms with Crippen LogP contribution >= 0.6 is 0 Å². The summed E-state index contributed by atoms with van der Waals surface area (Å²) < 4.78 is 41.7. The van der Waals surface area contributed by atoms with E-state index in [1.807, 2.05) is 39.0 Å². The summed E-state index contributed by atoms with van der Waals surface area (Å²) in [6, 6.07) is 11.3. The van der Waals surface area contributed by atoms with Gasteiger partial charge in [0.2, 0.25) is 0 Å². The minimum atomic E-state index is -3.97. The smallest absolute Gasteiger partial charge is 0.410 e. The Kier molecular flexibility index (Phi) is 8.74. The van der Waals surface area contributed by atoms with E-state index in [4.69, 9.17) is 9.47 Å². The van der Waals surface area contributed by atoms with E-state index in [0.717, 1.165) is 63.5 Å². The Labute approximate surface area is 260 Å². The van der Waals surface area contributed by atoms with E-state index in [0.29, 0.717) is 18.9 Å². The molecule has 0 saturated heterocycles. The highest BCUT2D eigenvalue weighted by molar-refractivity contribution is 7.87. The van der Waals surface area contributed by atoms with Crippen LogP contribution in [0.5, 0.6) is 5.75 Å². The van der Waals surface area contributed by atoms with Gasteiger partial charge in [0, 0.05) is 49.7 Å². The number of ether oxygens (including phenoxy) is 2. The third-order valence-corrected chi connectivity index (χ3v) is 10.1. The number of rotatable bonds is 6. The number of nitrogens with zero attached hydrogens (tertiary/aromatic N) is 3. The Bertz CT molecular complexity index is 1680. The van der Waals surface area contributed by atoms with Crippen molar-refractivity contribution in [3.63, 3.8) is 0 Å². The number of likely N-dealkylation sites (N-methyl/N-ethyl adjacent to an activating group) is 1. The Hall–Kier alpha value is -3.57. The van der Waals surface area contributed by atoms with Crippen molar-refractivity contribution in [2.45, 2.75) is 83.4 Å². The first-order valence-corrected chi connectivity index (χ1v) is 16.7.